The zero-order chi connectivity index (χ0) is 21.7. The zero-order valence-electron chi connectivity index (χ0n) is 16.6. The summed E-state index contributed by atoms with van der Waals surface area (Å²) in [4.78, 5) is 13.9. The normalized spacial score (nSPS) is 15.7. The molecular formula is C20H22N4O3S4. The van der Waals surface area contributed by atoms with E-state index in [1.54, 1.807) is 23.1 Å². The van der Waals surface area contributed by atoms with Gasteiger partial charge in [0.05, 0.1) is 5.75 Å². The standard InChI is InChI=1S/C20H22N4O3S4/c25-18(21-19-22-23-20(30-19)29-13-17-7-4-12-28-17)16-8-10-24(11-9-16)31(26,27)14-15-5-2-1-3-6-15/h1-7,12,16H,8-11,13-14H2,(H,21,22,25). The molecule has 7 nitrogen and oxygen atoms in total. The summed E-state index contributed by atoms with van der Waals surface area (Å²) in [5.74, 6) is 0.470. The molecule has 4 rings (SSSR count). The van der Waals surface area contributed by atoms with Gasteiger partial charge in [-0.05, 0) is 29.9 Å². The first-order valence-corrected chi connectivity index (χ1v) is 14.1. The summed E-state index contributed by atoms with van der Waals surface area (Å²) < 4.78 is 27.7. The molecule has 31 heavy (non-hydrogen) atoms. The number of aromatic nitrogens is 2. The maximum Gasteiger partial charge on any atom is 0.229 e. The van der Waals surface area contributed by atoms with Crippen molar-refractivity contribution >= 4 is 55.5 Å². The Kier molecular flexibility index (Phi) is 7.39. The van der Waals surface area contributed by atoms with Gasteiger partial charge in [0.15, 0.2) is 4.34 Å². The van der Waals surface area contributed by atoms with Gasteiger partial charge >= 0.3 is 0 Å². The van der Waals surface area contributed by atoms with E-state index in [0.717, 1.165) is 15.7 Å². The van der Waals surface area contributed by atoms with Crippen LogP contribution in [0.25, 0.3) is 0 Å². The van der Waals surface area contributed by atoms with E-state index in [1.165, 1.54) is 20.5 Å². The number of thiophene rings is 1. The van der Waals surface area contributed by atoms with Crippen molar-refractivity contribution in [2.75, 3.05) is 18.4 Å². The number of benzene rings is 1. The number of carbonyl (C=O) groups excluding carboxylic acids is 1. The number of hydrogen-bond acceptors (Lipinski definition) is 8. The Morgan fingerprint density at radius 1 is 1.13 bits per heavy atom. The first-order valence-electron chi connectivity index (χ1n) is 9.81. The number of anilines is 1. The predicted molar refractivity (Wildman–Crippen MR) is 126 cm³/mol. The lowest BCUT2D eigenvalue weighted by Gasteiger charge is -2.30. The fraction of sp³-hybridized carbons (Fsp3) is 0.350. The van der Waals surface area contributed by atoms with Crippen molar-refractivity contribution in [1.29, 1.82) is 0 Å². The van der Waals surface area contributed by atoms with Crippen LogP contribution < -0.4 is 5.32 Å². The van der Waals surface area contributed by atoms with E-state index in [9.17, 15) is 13.2 Å². The molecule has 1 aliphatic heterocycles. The number of amides is 1. The minimum absolute atomic E-state index is 0.0125. The Morgan fingerprint density at radius 3 is 2.61 bits per heavy atom. The second-order valence-electron chi connectivity index (χ2n) is 7.15. The molecule has 11 heteroatoms. The van der Waals surface area contributed by atoms with Crippen molar-refractivity contribution in [3.8, 4) is 0 Å². The average Bonchev–Trinajstić information content (AvgIpc) is 3.45. The van der Waals surface area contributed by atoms with Crippen LogP contribution in [0.2, 0.25) is 0 Å². The van der Waals surface area contributed by atoms with Crippen LogP contribution in [0.5, 0.6) is 0 Å². The van der Waals surface area contributed by atoms with Gasteiger partial charge in [0.1, 0.15) is 0 Å². The van der Waals surface area contributed by atoms with Gasteiger partial charge in [-0.2, -0.15) is 0 Å². The van der Waals surface area contributed by atoms with Crippen molar-refractivity contribution < 1.29 is 13.2 Å². The van der Waals surface area contributed by atoms with Gasteiger partial charge in [-0.15, -0.1) is 21.5 Å². The van der Waals surface area contributed by atoms with Gasteiger partial charge in [-0.1, -0.05) is 59.5 Å². The van der Waals surface area contributed by atoms with Gasteiger partial charge < -0.3 is 5.32 Å². The van der Waals surface area contributed by atoms with E-state index >= 15 is 0 Å². The number of thioether (sulfide) groups is 1. The van der Waals surface area contributed by atoms with Crippen LogP contribution in [-0.4, -0.2) is 41.9 Å². The summed E-state index contributed by atoms with van der Waals surface area (Å²) in [6.07, 6.45) is 0.997. The molecule has 0 radical (unpaired) electrons. The first kappa shape index (κ1) is 22.4. The van der Waals surface area contributed by atoms with E-state index in [0.29, 0.717) is 31.1 Å². The van der Waals surface area contributed by atoms with Crippen LogP contribution in [0.4, 0.5) is 5.13 Å². The van der Waals surface area contributed by atoms with Gasteiger partial charge in [-0.3, -0.25) is 4.79 Å². The number of sulfonamides is 1. The molecule has 0 bridgehead atoms. The number of nitrogens with zero attached hydrogens (tertiary/aromatic N) is 3. The van der Waals surface area contributed by atoms with Crippen molar-refractivity contribution in [3.05, 3.63) is 58.3 Å². The maximum absolute atomic E-state index is 12.7. The topological polar surface area (TPSA) is 92.3 Å². The number of carbonyl (C=O) groups is 1. The van der Waals surface area contributed by atoms with E-state index < -0.39 is 10.0 Å². The number of piperidine rings is 1. The summed E-state index contributed by atoms with van der Waals surface area (Å²) in [6, 6.07) is 13.3. The highest BCUT2D eigenvalue weighted by molar-refractivity contribution is 8.00. The lowest BCUT2D eigenvalue weighted by atomic mass is 9.97. The van der Waals surface area contributed by atoms with E-state index in [1.807, 2.05) is 41.8 Å². The van der Waals surface area contributed by atoms with Crippen LogP contribution in [0.1, 0.15) is 23.3 Å². The highest BCUT2D eigenvalue weighted by Gasteiger charge is 2.31. The van der Waals surface area contributed by atoms with Crippen LogP contribution >= 0.6 is 34.4 Å². The monoisotopic (exact) mass is 494 g/mol. The molecule has 1 aromatic carbocycles. The largest absolute Gasteiger partial charge is 0.300 e. The molecule has 164 valence electrons. The molecule has 1 aliphatic rings. The van der Waals surface area contributed by atoms with Crippen molar-refractivity contribution in [2.24, 2.45) is 5.92 Å². The lowest BCUT2D eigenvalue weighted by Crippen LogP contribution is -2.41. The zero-order valence-corrected chi connectivity index (χ0v) is 19.9. The Hall–Kier alpha value is -1.79. The molecule has 1 N–H and O–H groups in total. The minimum atomic E-state index is -3.39. The van der Waals surface area contributed by atoms with Crippen molar-refractivity contribution in [1.82, 2.24) is 14.5 Å². The van der Waals surface area contributed by atoms with E-state index in [-0.39, 0.29) is 17.6 Å². The number of hydrogen-bond donors (Lipinski definition) is 1. The summed E-state index contributed by atoms with van der Waals surface area (Å²) in [5, 5.41) is 13.6. The Bertz CT molecular complexity index is 1090. The number of nitrogens with one attached hydrogen (secondary N) is 1. The maximum atomic E-state index is 12.7. The highest BCUT2D eigenvalue weighted by Crippen LogP contribution is 2.30. The van der Waals surface area contributed by atoms with Crippen molar-refractivity contribution in [2.45, 2.75) is 28.7 Å². The molecule has 3 aromatic rings. The molecule has 3 heterocycles. The molecule has 0 aliphatic carbocycles. The Labute approximate surface area is 194 Å². The van der Waals surface area contributed by atoms with Crippen molar-refractivity contribution in [3.63, 3.8) is 0 Å². The van der Waals surface area contributed by atoms with Gasteiger partial charge in [0.2, 0.25) is 21.1 Å². The predicted octanol–water partition coefficient (Wildman–Crippen LogP) is 4.07. The minimum Gasteiger partial charge on any atom is -0.300 e. The van der Waals surface area contributed by atoms with Gasteiger partial charge in [0.25, 0.3) is 0 Å². The van der Waals surface area contributed by atoms with Crippen LogP contribution in [0, 0.1) is 5.92 Å². The number of rotatable bonds is 8. The average molecular weight is 495 g/mol. The van der Waals surface area contributed by atoms with Crippen LogP contribution in [0.15, 0.2) is 52.2 Å². The molecule has 1 fully saturated rings. The quantitative estimate of drug-likeness (QED) is 0.375. The fourth-order valence-corrected chi connectivity index (χ4v) is 7.42. The summed E-state index contributed by atoms with van der Waals surface area (Å²) in [5.41, 5.74) is 0.770. The summed E-state index contributed by atoms with van der Waals surface area (Å²) >= 11 is 4.66. The second-order valence-corrected chi connectivity index (χ2v) is 12.3. The third-order valence-electron chi connectivity index (χ3n) is 4.96. The lowest BCUT2D eigenvalue weighted by molar-refractivity contribution is -0.120. The molecular weight excluding hydrogens is 473 g/mol. The third kappa shape index (κ3) is 6.13. The van der Waals surface area contributed by atoms with Gasteiger partial charge in [-0.25, -0.2) is 12.7 Å². The first-order chi connectivity index (χ1) is 15.0. The molecule has 1 amide bonds. The Morgan fingerprint density at radius 2 is 1.90 bits per heavy atom. The fourth-order valence-electron chi connectivity index (χ4n) is 3.33. The molecule has 0 saturated carbocycles. The van der Waals surface area contributed by atoms with Crippen LogP contribution in [-0.2, 0) is 26.3 Å². The third-order valence-corrected chi connectivity index (χ3v) is 9.89. The Balaban J connectivity index is 1.25. The molecule has 0 spiro atoms. The van der Waals surface area contributed by atoms with E-state index in [2.05, 4.69) is 21.6 Å². The second kappa shape index (κ2) is 10.2. The van der Waals surface area contributed by atoms with Crippen LogP contribution in [0.3, 0.4) is 0 Å². The SMILES string of the molecule is O=C(Nc1nnc(SCc2cccs2)s1)C1CCN(S(=O)(=O)Cc2ccccc2)CC1. The molecule has 0 atom stereocenters. The van der Waals surface area contributed by atoms with E-state index in [4.69, 9.17) is 0 Å². The van der Waals surface area contributed by atoms with Gasteiger partial charge in [0, 0.05) is 29.6 Å². The summed E-state index contributed by atoms with van der Waals surface area (Å²) in [7, 11) is -3.39. The molecule has 0 unspecified atom stereocenters. The molecule has 1 saturated heterocycles. The summed E-state index contributed by atoms with van der Waals surface area (Å²) in [6.45, 7) is 0.705. The smallest absolute Gasteiger partial charge is 0.229 e. The highest BCUT2D eigenvalue weighted by atomic mass is 32.2. The molecule has 2 aromatic heterocycles.